The van der Waals surface area contributed by atoms with E-state index in [0.717, 1.165) is 5.56 Å². The van der Waals surface area contributed by atoms with E-state index in [9.17, 15) is 4.79 Å². The number of nitrogens with two attached hydrogens (primary N) is 1. The summed E-state index contributed by atoms with van der Waals surface area (Å²) in [5.41, 5.74) is 9.44. The number of carbonyl (C=O) groups excluding carboxylic acids is 1. The Hall–Kier alpha value is -1.10. The molecular weight excluding hydrogens is 226 g/mol. The van der Waals surface area contributed by atoms with Crippen LogP contribution in [0, 0.1) is 0 Å². The van der Waals surface area contributed by atoms with Gasteiger partial charge in [0, 0.05) is 31.6 Å². The molecule has 0 aliphatic carbocycles. The fourth-order valence-corrected chi connectivity index (χ4v) is 1.45. The average Bonchev–Trinajstić information content (AvgIpc) is 2.16. The van der Waals surface area contributed by atoms with Crippen LogP contribution in [0.3, 0.4) is 0 Å². The number of hydrogen-bond acceptors (Lipinski definition) is 3. The molecule has 16 heavy (non-hydrogen) atoms. The molecule has 0 saturated carbocycles. The number of benzene rings is 1. The molecule has 1 rings (SSSR count). The fraction of sp³-hybridized carbons (Fsp3) is 0.364. The normalized spacial score (nSPS) is 12.6. The van der Waals surface area contributed by atoms with E-state index < -0.39 is 0 Å². The Kier molecular flexibility index (Phi) is 4.73. The molecule has 0 aliphatic rings. The third-order valence-corrected chi connectivity index (χ3v) is 2.30. The van der Waals surface area contributed by atoms with Crippen molar-refractivity contribution in [2.45, 2.75) is 12.5 Å². The van der Waals surface area contributed by atoms with Crippen LogP contribution in [0.4, 0.5) is 0 Å². The summed E-state index contributed by atoms with van der Waals surface area (Å²) in [4.78, 5) is 11.4. The highest BCUT2D eigenvalue weighted by molar-refractivity contribution is 6.30. The number of carbonyl (C=O) groups is 1. The average molecular weight is 242 g/mol. The number of rotatable bonds is 4. The Bertz CT molecular complexity index is 351. The second-order valence-corrected chi connectivity index (χ2v) is 4.23. The molecule has 1 aromatic rings. The van der Waals surface area contributed by atoms with Crippen molar-refractivity contribution in [1.82, 2.24) is 10.4 Å². The Labute approximate surface area is 100 Å². The van der Waals surface area contributed by atoms with Crippen LogP contribution < -0.4 is 11.2 Å². The van der Waals surface area contributed by atoms with Gasteiger partial charge in [0.05, 0.1) is 0 Å². The van der Waals surface area contributed by atoms with Gasteiger partial charge in [0.2, 0.25) is 5.91 Å². The van der Waals surface area contributed by atoms with E-state index in [4.69, 9.17) is 17.3 Å². The molecule has 0 radical (unpaired) electrons. The first-order chi connectivity index (χ1) is 7.49. The Morgan fingerprint density at radius 3 is 2.50 bits per heavy atom. The molecule has 0 aliphatic heterocycles. The van der Waals surface area contributed by atoms with Crippen LogP contribution >= 0.6 is 11.6 Å². The van der Waals surface area contributed by atoms with Crippen molar-refractivity contribution >= 4 is 17.5 Å². The van der Waals surface area contributed by atoms with Crippen LogP contribution in [-0.2, 0) is 4.79 Å². The van der Waals surface area contributed by atoms with Crippen LogP contribution in [0.5, 0.6) is 0 Å². The number of hydrazine groups is 1. The fourth-order valence-electron chi connectivity index (χ4n) is 1.32. The summed E-state index contributed by atoms with van der Waals surface area (Å²) in [5, 5.41) is 2.25. The third-order valence-electron chi connectivity index (χ3n) is 2.05. The highest BCUT2D eigenvalue weighted by atomic mass is 35.5. The van der Waals surface area contributed by atoms with E-state index in [-0.39, 0.29) is 18.4 Å². The van der Waals surface area contributed by atoms with Crippen molar-refractivity contribution in [1.29, 1.82) is 0 Å². The summed E-state index contributed by atoms with van der Waals surface area (Å²) in [5.74, 6) is -0.104. The van der Waals surface area contributed by atoms with E-state index in [1.54, 1.807) is 31.2 Å². The maximum atomic E-state index is 11.4. The standard InChI is InChI=1S/C11H16ClN3O/c1-15(2)14-11(16)7-10(13)8-3-5-9(12)6-4-8/h3-6,10H,7,13H2,1-2H3,(H,14,16). The minimum Gasteiger partial charge on any atom is -0.324 e. The van der Waals surface area contributed by atoms with Gasteiger partial charge in [-0.05, 0) is 17.7 Å². The molecule has 5 heteroatoms. The molecular formula is C11H16ClN3O. The quantitative estimate of drug-likeness (QED) is 0.782. The van der Waals surface area contributed by atoms with Crippen LogP contribution in [0.1, 0.15) is 18.0 Å². The van der Waals surface area contributed by atoms with Gasteiger partial charge < -0.3 is 5.73 Å². The van der Waals surface area contributed by atoms with Gasteiger partial charge in [-0.2, -0.15) is 0 Å². The van der Waals surface area contributed by atoms with E-state index in [2.05, 4.69) is 5.43 Å². The van der Waals surface area contributed by atoms with Gasteiger partial charge >= 0.3 is 0 Å². The molecule has 1 aromatic carbocycles. The van der Waals surface area contributed by atoms with Gasteiger partial charge in [-0.15, -0.1) is 0 Å². The highest BCUT2D eigenvalue weighted by Crippen LogP contribution is 2.16. The molecule has 3 N–H and O–H groups in total. The third kappa shape index (κ3) is 4.18. The van der Waals surface area contributed by atoms with E-state index >= 15 is 0 Å². The first kappa shape index (κ1) is 13.0. The van der Waals surface area contributed by atoms with Crippen molar-refractivity contribution < 1.29 is 4.79 Å². The van der Waals surface area contributed by atoms with Gasteiger partial charge in [-0.3, -0.25) is 10.2 Å². The van der Waals surface area contributed by atoms with Gasteiger partial charge in [-0.1, -0.05) is 23.7 Å². The molecule has 1 atom stereocenters. The molecule has 4 nitrogen and oxygen atoms in total. The van der Waals surface area contributed by atoms with E-state index in [1.807, 2.05) is 12.1 Å². The van der Waals surface area contributed by atoms with Crippen molar-refractivity contribution in [3.05, 3.63) is 34.9 Å². The first-order valence-corrected chi connectivity index (χ1v) is 5.34. The summed E-state index contributed by atoms with van der Waals surface area (Å²) in [6, 6.07) is 6.88. The zero-order valence-corrected chi connectivity index (χ0v) is 10.2. The Balaban J connectivity index is 2.55. The lowest BCUT2D eigenvalue weighted by molar-refractivity contribution is -0.125. The topological polar surface area (TPSA) is 58.4 Å². The number of nitrogens with zero attached hydrogens (tertiary/aromatic N) is 1. The van der Waals surface area contributed by atoms with Crippen molar-refractivity contribution in [3.63, 3.8) is 0 Å². The summed E-state index contributed by atoms with van der Waals surface area (Å²) in [6.07, 6.45) is 0.250. The molecule has 0 saturated heterocycles. The van der Waals surface area contributed by atoms with Gasteiger partial charge in [0.1, 0.15) is 0 Å². The zero-order valence-electron chi connectivity index (χ0n) is 9.40. The van der Waals surface area contributed by atoms with Crippen LogP contribution in [0.15, 0.2) is 24.3 Å². The SMILES string of the molecule is CN(C)NC(=O)CC(N)c1ccc(Cl)cc1. The van der Waals surface area contributed by atoms with Gasteiger partial charge in [0.25, 0.3) is 0 Å². The number of hydrogen-bond donors (Lipinski definition) is 2. The molecule has 0 aromatic heterocycles. The van der Waals surface area contributed by atoms with Crippen molar-refractivity contribution in [2.24, 2.45) is 5.73 Å². The van der Waals surface area contributed by atoms with Crippen molar-refractivity contribution in [3.8, 4) is 0 Å². The molecule has 0 heterocycles. The molecule has 0 fully saturated rings. The minimum absolute atomic E-state index is 0.104. The zero-order chi connectivity index (χ0) is 12.1. The van der Waals surface area contributed by atoms with E-state index in [1.165, 1.54) is 0 Å². The largest absolute Gasteiger partial charge is 0.324 e. The van der Waals surface area contributed by atoms with E-state index in [0.29, 0.717) is 5.02 Å². The van der Waals surface area contributed by atoms with Crippen LogP contribution in [0.25, 0.3) is 0 Å². The van der Waals surface area contributed by atoms with Gasteiger partial charge in [-0.25, -0.2) is 5.01 Å². The Morgan fingerprint density at radius 2 is 2.00 bits per heavy atom. The second kappa shape index (κ2) is 5.84. The number of halogens is 1. The second-order valence-electron chi connectivity index (χ2n) is 3.79. The first-order valence-electron chi connectivity index (χ1n) is 4.97. The monoisotopic (exact) mass is 241 g/mol. The highest BCUT2D eigenvalue weighted by Gasteiger charge is 2.11. The lowest BCUT2D eigenvalue weighted by Gasteiger charge is -2.15. The smallest absolute Gasteiger partial charge is 0.236 e. The van der Waals surface area contributed by atoms with Crippen LogP contribution in [-0.4, -0.2) is 25.0 Å². The number of nitrogens with one attached hydrogen (secondary N) is 1. The predicted octanol–water partition coefficient (Wildman–Crippen LogP) is 1.32. The lowest BCUT2D eigenvalue weighted by atomic mass is 10.0. The molecule has 0 bridgehead atoms. The maximum absolute atomic E-state index is 11.4. The Morgan fingerprint density at radius 1 is 1.44 bits per heavy atom. The van der Waals surface area contributed by atoms with Crippen molar-refractivity contribution in [2.75, 3.05) is 14.1 Å². The number of amides is 1. The summed E-state index contributed by atoms with van der Waals surface area (Å²) in [7, 11) is 3.51. The molecule has 1 unspecified atom stereocenters. The predicted molar refractivity (Wildman–Crippen MR) is 64.8 cm³/mol. The summed E-state index contributed by atoms with van der Waals surface area (Å²) in [6.45, 7) is 0. The molecule has 0 spiro atoms. The lowest BCUT2D eigenvalue weighted by Crippen LogP contribution is -2.37. The molecule has 88 valence electrons. The van der Waals surface area contributed by atoms with Crippen LogP contribution in [0.2, 0.25) is 5.02 Å². The maximum Gasteiger partial charge on any atom is 0.236 e. The summed E-state index contributed by atoms with van der Waals surface area (Å²) >= 11 is 5.76. The molecule has 1 amide bonds. The van der Waals surface area contributed by atoms with Gasteiger partial charge in [0.15, 0.2) is 0 Å². The summed E-state index contributed by atoms with van der Waals surface area (Å²) < 4.78 is 0. The minimum atomic E-state index is -0.308.